The van der Waals surface area contributed by atoms with Crippen molar-refractivity contribution in [3.8, 4) is 17.2 Å². The fourth-order valence-corrected chi connectivity index (χ4v) is 6.70. The van der Waals surface area contributed by atoms with Crippen LogP contribution < -0.4 is 23.8 Å². The smallest absolute Gasteiger partial charge is 0.265 e. The summed E-state index contributed by atoms with van der Waals surface area (Å²) >= 11 is 6.36. The van der Waals surface area contributed by atoms with Crippen LogP contribution >= 0.6 is 11.6 Å². The Labute approximate surface area is 280 Å². The van der Waals surface area contributed by atoms with E-state index in [1.54, 1.807) is 13.0 Å². The maximum absolute atomic E-state index is 14.6. The molecule has 0 radical (unpaired) electrons. The minimum absolute atomic E-state index is 0.0421. The molecule has 248 valence electrons. The minimum atomic E-state index is -4.47. The Kier molecular flexibility index (Phi) is 12.1. The molecule has 0 aliphatic heterocycles. The number of carbonyl (C=O) groups excluding carboxylic acids is 2. The van der Waals surface area contributed by atoms with Crippen molar-refractivity contribution in [3.05, 3.63) is 113 Å². The number of likely N-dealkylation sites (N-methyl/N-ethyl adjacent to an activating group) is 1. The fraction of sp³-hybridized carbons (Fsp3) is 0.257. The van der Waals surface area contributed by atoms with E-state index in [2.05, 4.69) is 5.32 Å². The maximum Gasteiger partial charge on any atom is 0.265 e. The number of sulfonamides is 1. The van der Waals surface area contributed by atoms with E-state index in [0.29, 0.717) is 12.3 Å². The largest absolute Gasteiger partial charge is 0.495 e. The highest BCUT2D eigenvalue weighted by atomic mass is 35.5. The summed E-state index contributed by atoms with van der Waals surface area (Å²) in [4.78, 5) is 29.5. The van der Waals surface area contributed by atoms with Gasteiger partial charge in [0.25, 0.3) is 10.0 Å². The summed E-state index contributed by atoms with van der Waals surface area (Å²) < 4.78 is 46.1. The molecule has 0 fully saturated rings. The van der Waals surface area contributed by atoms with Gasteiger partial charge in [-0.15, -0.1) is 0 Å². The van der Waals surface area contributed by atoms with Gasteiger partial charge in [-0.3, -0.25) is 13.9 Å². The lowest BCUT2D eigenvalue weighted by Gasteiger charge is -2.34. The van der Waals surface area contributed by atoms with Crippen molar-refractivity contribution < 1.29 is 32.2 Å². The third-order valence-corrected chi connectivity index (χ3v) is 9.44. The summed E-state index contributed by atoms with van der Waals surface area (Å²) in [5.41, 5.74) is 1.64. The average molecular weight is 680 g/mol. The Morgan fingerprint density at radius 1 is 0.787 bits per heavy atom. The third kappa shape index (κ3) is 8.55. The molecular weight excluding hydrogens is 642 g/mol. The lowest BCUT2D eigenvalue weighted by molar-refractivity contribution is -0.140. The molecule has 0 spiro atoms. The number of methoxy groups -OCH3 is 3. The van der Waals surface area contributed by atoms with E-state index < -0.39 is 28.5 Å². The van der Waals surface area contributed by atoms with Crippen LogP contribution in [-0.4, -0.2) is 65.6 Å². The number of halogens is 1. The fourth-order valence-electron chi connectivity index (χ4n) is 5.10. The topological polar surface area (TPSA) is 114 Å². The zero-order valence-corrected chi connectivity index (χ0v) is 28.3. The summed E-state index contributed by atoms with van der Waals surface area (Å²) in [5, 5.41) is 3.08. The van der Waals surface area contributed by atoms with Crippen molar-refractivity contribution in [2.75, 3.05) is 38.7 Å². The molecule has 0 heterocycles. The highest BCUT2D eigenvalue weighted by Gasteiger charge is 2.36. The Morgan fingerprint density at radius 2 is 1.38 bits per heavy atom. The van der Waals surface area contributed by atoms with E-state index in [1.165, 1.54) is 56.6 Å². The van der Waals surface area contributed by atoms with Gasteiger partial charge in [0, 0.05) is 30.6 Å². The average Bonchev–Trinajstić information content (AvgIpc) is 3.09. The van der Waals surface area contributed by atoms with E-state index in [9.17, 15) is 18.0 Å². The quantitative estimate of drug-likeness (QED) is 0.181. The normalized spacial score (nSPS) is 11.7. The first kappa shape index (κ1) is 35.1. The van der Waals surface area contributed by atoms with Crippen LogP contribution in [0.15, 0.2) is 102 Å². The minimum Gasteiger partial charge on any atom is -0.495 e. The molecule has 4 aromatic carbocycles. The van der Waals surface area contributed by atoms with E-state index in [4.69, 9.17) is 25.8 Å². The van der Waals surface area contributed by atoms with Crippen molar-refractivity contribution in [1.29, 1.82) is 0 Å². The number of nitrogens with zero attached hydrogens (tertiary/aromatic N) is 2. The Hall–Kier alpha value is -4.74. The number of hydrogen-bond donors (Lipinski definition) is 1. The highest BCUT2D eigenvalue weighted by molar-refractivity contribution is 7.92. The van der Waals surface area contributed by atoms with Gasteiger partial charge in [-0.2, -0.15) is 0 Å². The summed E-state index contributed by atoms with van der Waals surface area (Å²) in [7, 11) is -0.241. The third-order valence-electron chi connectivity index (χ3n) is 7.45. The maximum atomic E-state index is 14.6. The second-order valence-corrected chi connectivity index (χ2v) is 12.8. The molecule has 0 aliphatic rings. The van der Waals surface area contributed by atoms with Crippen LogP contribution in [0.1, 0.15) is 18.1 Å². The Morgan fingerprint density at radius 3 is 1.98 bits per heavy atom. The van der Waals surface area contributed by atoms with Gasteiger partial charge in [0.2, 0.25) is 11.8 Å². The number of rotatable bonds is 15. The molecule has 4 aromatic rings. The number of benzene rings is 4. The molecule has 0 aromatic heterocycles. The lowest BCUT2D eigenvalue weighted by atomic mass is 10.0. The second kappa shape index (κ2) is 16.2. The molecule has 4 rings (SSSR count). The predicted octanol–water partition coefficient (Wildman–Crippen LogP) is 5.34. The molecular formula is C35H38ClN3O7S. The first-order valence-corrected chi connectivity index (χ1v) is 16.7. The van der Waals surface area contributed by atoms with E-state index in [1.807, 2.05) is 60.7 Å². The molecule has 12 heteroatoms. The molecule has 2 amide bonds. The molecule has 0 aliphatic carbocycles. The van der Waals surface area contributed by atoms with Gasteiger partial charge >= 0.3 is 0 Å². The first-order valence-electron chi connectivity index (χ1n) is 14.9. The number of carbonyl (C=O) groups is 2. The molecule has 1 N–H and O–H groups in total. The second-order valence-electron chi connectivity index (χ2n) is 10.5. The van der Waals surface area contributed by atoms with Crippen LogP contribution in [0.3, 0.4) is 0 Å². The molecule has 0 bridgehead atoms. The van der Waals surface area contributed by atoms with Gasteiger partial charge in [-0.05, 0) is 48.4 Å². The molecule has 0 saturated heterocycles. The van der Waals surface area contributed by atoms with Gasteiger partial charge < -0.3 is 24.4 Å². The van der Waals surface area contributed by atoms with E-state index in [-0.39, 0.29) is 46.0 Å². The standard InChI is InChI=1S/C35H38ClN3O7S/c1-5-37-35(41)30(20-25-12-8-6-9-13-25)38(23-26-14-10-7-11-15-26)34(40)24-39(29-21-27(36)16-18-31(29)44-2)47(42,43)28-17-19-32(45-3)33(22-28)46-4/h6-19,21-22,30H,5,20,23-24H2,1-4H3,(H,37,41)/t30-/m0/s1. The summed E-state index contributed by atoms with van der Waals surface area (Å²) in [6, 6.07) is 26.2. The van der Waals surface area contributed by atoms with Crippen LogP contribution in [0.4, 0.5) is 5.69 Å². The van der Waals surface area contributed by atoms with Gasteiger partial charge in [0.05, 0.1) is 31.9 Å². The van der Waals surface area contributed by atoms with Crippen LogP contribution in [0, 0.1) is 0 Å². The number of ether oxygens (including phenoxy) is 3. The molecule has 1 atom stereocenters. The first-order chi connectivity index (χ1) is 22.6. The van der Waals surface area contributed by atoms with Gasteiger partial charge in [-0.25, -0.2) is 8.42 Å². The van der Waals surface area contributed by atoms with Gasteiger partial charge in [0.1, 0.15) is 18.3 Å². The number of anilines is 1. The summed E-state index contributed by atoms with van der Waals surface area (Å²) in [6.45, 7) is 1.51. The van der Waals surface area contributed by atoms with Crippen molar-refractivity contribution in [2.24, 2.45) is 0 Å². The van der Waals surface area contributed by atoms with Crippen molar-refractivity contribution in [1.82, 2.24) is 10.2 Å². The van der Waals surface area contributed by atoms with Crippen LogP contribution in [0.5, 0.6) is 17.2 Å². The summed E-state index contributed by atoms with van der Waals surface area (Å²) in [5.74, 6) is -0.301. The SMILES string of the molecule is CCNC(=O)[C@H](Cc1ccccc1)N(Cc1ccccc1)C(=O)CN(c1cc(Cl)ccc1OC)S(=O)(=O)c1ccc(OC)c(OC)c1. The number of nitrogens with one attached hydrogen (secondary N) is 1. The number of hydrogen-bond acceptors (Lipinski definition) is 7. The zero-order chi connectivity index (χ0) is 34.0. The summed E-state index contributed by atoms with van der Waals surface area (Å²) in [6.07, 6.45) is 0.203. The van der Waals surface area contributed by atoms with Crippen molar-refractivity contribution in [2.45, 2.75) is 30.8 Å². The van der Waals surface area contributed by atoms with Crippen LogP contribution in [0.25, 0.3) is 0 Å². The van der Waals surface area contributed by atoms with E-state index >= 15 is 0 Å². The van der Waals surface area contributed by atoms with Crippen molar-refractivity contribution in [3.63, 3.8) is 0 Å². The van der Waals surface area contributed by atoms with Gasteiger partial charge in [0.15, 0.2) is 11.5 Å². The van der Waals surface area contributed by atoms with Gasteiger partial charge in [-0.1, -0.05) is 72.3 Å². The van der Waals surface area contributed by atoms with Crippen LogP contribution in [0.2, 0.25) is 5.02 Å². The predicted molar refractivity (Wildman–Crippen MR) is 182 cm³/mol. The lowest BCUT2D eigenvalue weighted by Crippen LogP contribution is -2.53. The van der Waals surface area contributed by atoms with Crippen molar-refractivity contribution >= 4 is 39.1 Å². The molecule has 0 saturated carbocycles. The zero-order valence-electron chi connectivity index (χ0n) is 26.7. The van der Waals surface area contributed by atoms with Crippen LogP contribution in [-0.2, 0) is 32.6 Å². The molecule has 0 unspecified atom stereocenters. The molecule has 10 nitrogen and oxygen atoms in total. The highest BCUT2D eigenvalue weighted by Crippen LogP contribution is 2.37. The Bertz CT molecular complexity index is 1770. The monoisotopic (exact) mass is 679 g/mol. The molecule has 47 heavy (non-hydrogen) atoms. The number of amides is 2. The Balaban J connectivity index is 1.86. The van der Waals surface area contributed by atoms with E-state index in [0.717, 1.165) is 15.4 Å².